The first-order valence-electron chi connectivity index (χ1n) is 14.1. The predicted molar refractivity (Wildman–Crippen MR) is 174 cm³/mol. The van der Waals surface area contributed by atoms with Crippen molar-refractivity contribution < 1.29 is 4.79 Å². The number of likely N-dealkylation sites (N-methyl/N-ethyl adjacent to an activating group) is 1. The monoisotopic (exact) mass is 578 g/mol. The Morgan fingerprint density at radius 3 is 2.47 bits per heavy atom. The summed E-state index contributed by atoms with van der Waals surface area (Å²) in [7, 11) is 3.78. The minimum Gasteiger partial charge on any atom is -0.381 e. The lowest BCUT2D eigenvalue weighted by Gasteiger charge is -2.30. The lowest BCUT2D eigenvalue weighted by Crippen LogP contribution is -2.44. The van der Waals surface area contributed by atoms with Crippen LogP contribution in [0.1, 0.15) is 28.5 Å². The Morgan fingerprint density at radius 2 is 1.81 bits per heavy atom. The number of piperazine rings is 1. The summed E-state index contributed by atoms with van der Waals surface area (Å²) in [6.45, 7) is 10.5. The zero-order chi connectivity index (χ0) is 30.9. The molecular formula is C33H38N8O2. The zero-order valence-corrected chi connectivity index (χ0v) is 25.0. The van der Waals surface area contributed by atoms with E-state index >= 15 is 0 Å². The van der Waals surface area contributed by atoms with Crippen LogP contribution >= 0.6 is 0 Å². The van der Waals surface area contributed by atoms with Crippen molar-refractivity contribution in [1.29, 1.82) is 0 Å². The molecular weight excluding hydrogens is 540 g/mol. The molecule has 10 heteroatoms. The Hall–Kier alpha value is -4.98. The van der Waals surface area contributed by atoms with Gasteiger partial charge in [0.2, 0.25) is 0 Å². The van der Waals surface area contributed by atoms with Crippen LogP contribution in [0.2, 0.25) is 0 Å². The molecule has 0 unspecified atom stereocenters. The Labute approximate surface area is 251 Å². The van der Waals surface area contributed by atoms with Crippen LogP contribution in [-0.4, -0.2) is 76.0 Å². The number of hydrogen-bond donors (Lipinski definition) is 2. The smallest absolute Gasteiger partial charge is 0.264 e. The van der Waals surface area contributed by atoms with E-state index in [2.05, 4.69) is 58.3 Å². The van der Waals surface area contributed by atoms with Crippen LogP contribution in [0.25, 0.3) is 16.5 Å². The van der Waals surface area contributed by atoms with Crippen molar-refractivity contribution >= 4 is 34.5 Å². The van der Waals surface area contributed by atoms with Crippen LogP contribution in [-0.2, 0) is 13.5 Å². The molecule has 3 heterocycles. The van der Waals surface area contributed by atoms with Gasteiger partial charge in [0.15, 0.2) is 11.6 Å². The second-order valence-corrected chi connectivity index (χ2v) is 10.2. The van der Waals surface area contributed by atoms with Crippen LogP contribution in [0.15, 0.2) is 77.0 Å². The van der Waals surface area contributed by atoms with Crippen molar-refractivity contribution in [2.24, 2.45) is 17.8 Å². The van der Waals surface area contributed by atoms with Crippen LogP contribution < -0.4 is 17.0 Å². The molecule has 0 aliphatic carbocycles. The molecule has 1 aliphatic heterocycles. The number of aryl methyl sites for hydroxylation is 2. The second-order valence-electron chi connectivity index (χ2n) is 10.2. The number of pyridine rings is 1. The van der Waals surface area contributed by atoms with Crippen LogP contribution in [0.4, 0.5) is 11.6 Å². The lowest BCUT2D eigenvalue weighted by molar-refractivity contribution is 0.100. The van der Waals surface area contributed by atoms with Crippen LogP contribution in [0.3, 0.4) is 0 Å². The van der Waals surface area contributed by atoms with Gasteiger partial charge in [-0.05, 0) is 43.1 Å². The van der Waals surface area contributed by atoms with Gasteiger partial charge in [-0.3, -0.25) is 19.1 Å². The number of rotatable bonds is 6. The van der Waals surface area contributed by atoms with Gasteiger partial charge in [-0.15, -0.1) is 0 Å². The average Bonchev–Trinajstić information content (AvgIpc) is 3.29. The predicted octanol–water partition coefficient (Wildman–Crippen LogP) is 3.14. The topological polar surface area (TPSA) is 128 Å². The lowest BCUT2D eigenvalue weighted by atomic mass is 10.0. The molecule has 2 aromatic carbocycles. The Kier molecular flexibility index (Phi) is 10.3. The summed E-state index contributed by atoms with van der Waals surface area (Å²) in [5, 5.41) is 5.50. The molecule has 0 bridgehead atoms. The van der Waals surface area contributed by atoms with Crippen molar-refractivity contribution in [3.8, 4) is 17.5 Å². The average molecular weight is 579 g/mol. The fourth-order valence-electron chi connectivity index (χ4n) is 4.94. The maximum atomic E-state index is 13.5. The summed E-state index contributed by atoms with van der Waals surface area (Å²) in [5.41, 5.74) is 13.5. The van der Waals surface area contributed by atoms with E-state index in [4.69, 9.17) is 11.5 Å². The molecule has 4 N–H and O–H groups in total. The number of primary amides is 1. The number of para-hydroxylation sites is 1. The highest BCUT2D eigenvalue weighted by Gasteiger charge is 2.18. The van der Waals surface area contributed by atoms with Crippen molar-refractivity contribution in [2.45, 2.75) is 13.3 Å². The molecule has 222 valence electrons. The van der Waals surface area contributed by atoms with Gasteiger partial charge >= 0.3 is 0 Å². The first kappa shape index (κ1) is 31.0. The Balaban J connectivity index is 0.000000255. The van der Waals surface area contributed by atoms with Gasteiger partial charge in [-0.25, -0.2) is 9.67 Å². The van der Waals surface area contributed by atoms with E-state index in [0.717, 1.165) is 61.5 Å². The van der Waals surface area contributed by atoms with E-state index in [1.807, 2.05) is 53.1 Å². The zero-order valence-electron chi connectivity index (χ0n) is 25.0. The SMILES string of the molecule is C=C/C=N\c1c(C(N)=O)c(N)nn1C.CCc1cc2cccc(C#CCN3CCN(C)CC3)c2c(=O)n1-c1ccccc1. The molecule has 1 saturated heterocycles. The highest BCUT2D eigenvalue weighted by atomic mass is 16.1. The molecule has 1 fully saturated rings. The van der Waals surface area contributed by atoms with Crippen molar-refractivity contribution in [2.75, 3.05) is 45.5 Å². The minimum atomic E-state index is -0.646. The van der Waals surface area contributed by atoms with E-state index in [9.17, 15) is 9.59 Å². The highest BCUT2D eigenvalue weighted by Crippen LogP contribution is 2.23. The number of nitrogens with zero attached hydrogens (tertiary/aromatic N) is 6. The van der Waals surface area contributed by atoms with Gasteiger partial charge < -0.3 is 16.4 Å². The molecule has 2 aromatic heterocycles. The summed E-state index contributed by atoms with van der Waals surface area (Å²) in [4.78, 5) is 33.2. The van der Waals surface area contributed by atoms with Gasteiger partial charge in [0.05, 0.1) is 11.9 Å². The number of aromatic nitrogens is 3. The minimum absolute atomic E-state index is 0.00930. The summed E-state index contributed by atoms with van der Waals surface area (Å²) in [6.07, 6.45) is 3.70. The normalized spacial score (nSPS) is 13.7. The van der Waals surface area contributed by atoms with Crippen molar-refractivity contribution in [1.82, 2.24) is 24.1 Å². The van der Waals surface area contributed by atoms with Gasteiger partial charge in [0.25, 0.3) is 11.5 Å². The third-order valence-electron chi connectivity index (χ3n) is 7.21. The number of amides is 1. The number of carbonyl (C=O) groups excluding carboxylic acids is 1. The summed E-state index contributed by atoms with van der Waals surface area (Å²) >= 11 is 0. The Morgan fingerprint density at radius 1 is 1.09 bits per heavy atom. The number of benzene rings is 2. The summed E-state index contributed by atoms with van der Waals surface area (Å²) in [5.74, 6) is 6.35. The maximum absolute atomic E-state index is 13.5. The van der Waals surface area contributed by atoms with E-state index in [-0.39, 0.29) is 16.9 Å². The third kappa shape index (κ3) is 7.27. The van der Waals surface area contributed by atoms with Crippen molar-refractivity contribution in [3.63, 3.8) is 0 Å². The number of allylic oxidation sites excluding steroid dienone is 1. The molecule has 1 aliphatic rings. The van der Waals surface area contributed by atoms with Gasteiger partial charge in [0.1, 0.15) is 5.56 Å². The standard InChI is InChI=1S/C25H27N3O.C8H11N5O/c1-3-22-19-21-10-7-9-20(11-8-14-27-17-15-26(2)16-18-27)24(21)25(29)28(22)23-12-5-4-6-13-23;1-3-4-11-8-5(7(10)14)6(9)12-13(8)2/h4-7,9-10,12-13,19H,3,14-18H2,1-2H3;3-4H,1H2,2H3,(H2,9,12)(H2,10,14)/b;11-4-. The molecule has 43 heavy (non-hydrogen) atoms. The van der Waals surface area contributed by atoms with Crippen LogP contribution in [0.5, 0.6) is 0 Å². The van der Waals surface area contributed by atoms with Crippen LogP contribution in [0, 0.1) is 11.8 Å². The molecule has 4 aromatic rings. The Bertz CT molecular complexity index is 1750. The molecule has 0 spiro atoms. The number of carbonyl (C=O) groups is 1. The van der Waals surface area contributed by atoms with E-state index in [1.165, 1.54) is 17.0 Å². The first-order valence-corrected chi connectivity index (χ1v) is 14.1. The quantitative estimate of drug-likeness (QED) is 0.267. The largest absolute Gasteiger partial charge is 0.381 e. The number of fused-ring (bicyclic) bond motifs is 1. The summed E-state index contributed by atoms with van der Waals surface area (Å²) < 4.78 is 3.21. The van der Waals surface area contributed by atoms with Gasteiger partial charge in [-0.2, -0.15) is 5.10 Å². The molecule has 0 atom stereocenters. The summed E-state index contributed by atoms with van der Waals surface area (Å²) in [6, 6.07) is 17.9. The molecule has 10 nitrogen and oxygen atoms in total. The molecule has 0 saturated carbocycles. The molecule has 5 rings (SSSR count). The number of anilines is 1. The fourth-order valence-corrected chi connectivity index (χ4v) is 4.94. The van der Waals surface area contributed by atoms with E-state index < -0.39 is 5.91 Å². The second kappa shape index (κ2) is 14.3. The van der Waals surface area contributed by atoms with Gasteiger partial charge in [-0.1, -0.05) is 61.8 Å². The number of nitrogen functional groups attached to an aromatic ring is 1. The first-order chi connectivity index (χ1) is 20.7. The van der Waals surface area contributed by atoms with E-state index in [0.29, 0.717) is 11.2 Å². The molecule has 1 amide bonds. The number of aliphatic imine (C=N–C) groups is 1. The number of hydrogen-bond acceptors (Lipinski definition) is 7. The molecule has 0 radical (unpaired) electrons. The highest BCUT2D eigenvalue weighted by molar-refractivity contribution is 6.02. The number of nitrogens with two attached hydrogens (primary N) is 2. The van der Waals surface area contributed by atoms with Gasteiger partial charge in [0, 0.05) is 56.4 Å². The third-order valence-corrected chi connectivity index (χ3v) is 7.21. The van der Waals surface area contributed by atoms with E-state index in [1.54, 1.807) is 7.05 Å². The fraction of sp³-hybridized carbons (Fsp3) is 0.273. The van der Waals surface area contributed by atoms with Crippen molar-refractivity contribution in [3.05, 3.63) is 94.4 Å². The maximum Gasteiger partial charge on any atom is 0.264 e.